The molecule has 2 aromatic rings. The van der Waals surface area contributed by atoms with Gasteiger partial charge in [-0.3, -0.25) is 4.79 Å². The molecule has 0 aliphatic carbocycles. The van der Waals surface area contributed by atoms with Gasteiger partial charge in [-0.05, 0) is 37.1 Å². The van der Waals surface area contributed by atoms with E-state index in [0.29, 0.717) is 12.2 Å². The number of rotatable bonds is 7. The minimum atomic E-state index is -3.26. The molecule has 0 saturated carbocycles. The quantitative estimate of drug-likeness (QED) is 0.566. The van der Waals surface area contributed by atoms with Crippen LogP contribution in [-0.2, 0) is 29.2 Å². The molecule has 1 aliphatic rings. The number of sulfone groups is 2. The summed E-state index contributed by atoms with van der Waals surface area (Å²) in [7, 11) is -6.11. The van der Waals surface area contributed by atoms with Crippen molar-refractivity contribution in [3.63, 3.8) is 0 Å². The van der Waals surface area contributed by atoms with Gasteiger partial charge in [0.15, 0.2) is 9.84 Å². The van der Waals surface area contributed by atoms with Crippen LogP contribution < -0.4 is 10.6 Å². The van der Waals surface area contributed by atoms with Gasteiger partial charge in [0.25, 0.3) is 0 Å². The molecule has 33 heavy (non-hydrogen) atoms. The largest absolute Gasteiger partial charge is 0.384 e. The van der Waals surface area contributed by atoms with Crippen LogP contribution in [0.3, 0.4) is 0 Å². The SMILES string of the molecule is C1CCOC1.CS(=O)(=O)CC(=O)Nc1ccccc1.CS(=O)(=O)CCNc1ccccc1.[B]. The second-order valence-corrected chi connectivity index (χ2v) is 11.6. The van der Waals surface area contributed by atoms with Crippen molar-refractivity contribution >= 4 is 45.4 Å². The van der Waals surface area contributed by atoms with Crippen molar-refractivity contribution in [3.05, 3.63) is 60.7 Å². The third-order valence-electron chi connectivity index (χ3n) is 3.85. The Balaban J connectivity index is 0.000000501. The van der Waals surface area contributed by atoms with E-state index in [1.807, 2.05) is 36.4 Å². The number of para-hydroxylation sites is 2. The molecule has 0 unspecified atom stereocenters. The molecule has 3 radical (unpaired) electrons. The molecular weight excluding hydrogens is 463 g/mol. The summed E-state index contributed by atoms with van der Waals surface area (Å²) in [5.74, 6) is -0.831. The Bertz CT molecular complexity index is 990. The highest BCUT2D eigenvalue weighted by Crippen LogP contribution is 2.05. The van der Waals surface area contributed by atoms with Gasteiger partial charge in [-0.1, -0.05) is 36.4 Å². The molecule has 1 fully saturated rings. The van der Waals surface area contributed by atoms with Crippen LogP contribution in [0.2, 0.25) is 0 Å². The Morgan fingerprint density at radius 2 is 1.30 bits per heavy atom. The van der Waals surface area contributed by atoms with Crippen LogP contribution in [0.4, 0.5) is 11.4 Å². The van der Waals surface area contributed by atoms with E-state index in [9.17, 15) is 21.6 Å². The van der Waals surface area contributed by atoms with Crippen molar-refractivity contribution < 1.29 is 26.4 Å². The molecule has 1 heterocycles. The summed E-state index contributed by atoms with van der Waals surface area (Å²) in [6.07, 6.45) is 4.82. The van der Waals surface area contributed by atoms with E-state index in [1.165, 1.54) is 19.1 Å². The Morgan fingerprint density at radius 1 is 0.818 bits per heavy atom. The smallest absolute Gasteiger partial charge is 0.239 e. The first kappa shape index (κ1) is 30.6. The van der Waals surface area contributed by atoms with Gasteiger partial charge in [-0.15, -0.1) is 0 Å². The summed E-state index contributed by atoms with van der Waals surface area (Å²) in [6, 6.07) is 18.3. The fraction of sp³-hybridized carbons (Fsp3) is 0.409. The van der Waals surface area contributed by atoms with E-state index in [-0.39, 0.29) is 14.2 Å². The molecule has 0 aromatic heterocycles. The van der Waals surface area contributed by atoms with Crippen molar-refractivity contribution in [2.24, 2.45) is 0 Å². The maximum atomic E-state index is 11.1. The third kappa shape index (κ3) is 18.9. The fourth-order valence-corrected chi connectivity index (χ4v) is 3.43. The van der Waals surface area contributed by atoms with Gasteiger partial charge in [0.05, 0.1) is 5.75 Å². The van der Waals surface area contributed by atoms with Gasteiger partial charge in [-0.25, -0.2) is 16.8 Å². The fourth-order valence-electron chi connectivity index (χ4n) is 2.40. The molecule has 0 atom stereocenters. The molecule has 181 valence electrons. The third-order valence-corrected chi connectivity index (χ3v) is 5.59. The van der Waals surface area contributed by atoms with Crippen LogP contribution >= 0.6 is 0 Å². The minimum Gasteiger partial charge on any atom is -0.384 e. The Labute approximate surface area is 199 Å². The van der Waals surface area contributed by atoms with Crippen LogP contribution in [0.1, 0.15) is 12.8 Å². The summed E-state index contributed by atoms with van der Waals surface area (Å²) >= 11 is 0. The maximum Gasteiger partial charge on any atom is 0.239 e. The number of hydrogen-bond donors (Lipinski definition) is 2. The number of hydrogen-bond acceptors (Lipinski definition) is 7. The average molecular weight is 495 g/mol. The lowest BCUT2D eigenvalue weighted by atomic mass is 10.3. The Hall–Kier alpha value is -2.37. The monoisotopic (exact) mass is 495 g/mol. The van der Waals surface area contributed by atoms with E-state index in [4.69, 9.17) is 4.74 Å². The Kier molecular flexibility index (Phi) is 15.1. The topological polar surface area (TPSA) is 119 Å². The zero-order valence-corrected chi connectivity index (χ0v) is 20.7. The van der Waals surface area contributed by atoms with Crippen LogP contribution in [0.25, 0.3) is 0 Å². The molecular formula is C22H32BN2O6S2. The number of ether oxygens (including phenoxy) is 1. The van der Waals surface area contributed by atoms with Gasteiger partial charge in [0, 0.05) is 52.1 Å². The van der Waals surface area contributed by atoms with Gasteiger partial charge in [0.2, 0.25) is 5.91 Å². The summed E-state index contributed by atoms with van der Waals surface area (Å²) in [5, 5.41) is 5.50. The lowest BCUT2D eigenvalue weighted by molar-refractivity contribution is -0.113. The molecule has 0 bridgehead atoms. The standard InChI is InChI=1S/C9H11NO3S.C9H13NO2S.C4H8O.B/c1-14(12,13)7-9(11)10-8-5-3-2-4-6-8;1-13(11,12)8-7-10-9-5-3-2-4-6-9;1-2-4-5-3-1;/h2-6H,7H2,1H3,(H,10,11);2-6,10H,7-8H2,1H3;1-4H2;. The first-order valence-corrected chi connectivity index (χ1v) is 14.2. The van der Waals surface area contributed by atoms with Gasteiger partial charge < -0.3 is 15.4 Å². The maximum absolute atomic E-state index is 11.1. The van der Waals surface area contributed by atoms with Crippen molar-refractivity contribution in [1.82, 2.24) is 0 Å². The second kappa shape index (κ2) is 16.3. The van der Waals surface area contributed by atoms with Crippen molar-refractivity contribution in [3.8, 4) is 0 Å². The first-order valence-electron chi connectivity index (χ1n) is 10.1. The van der Waals surface area contributed by atoms with E-state index >= 15 is 0 Å². The van der Waals surface area contributed by atoms with Crippen molar-refractivity contribution in [1.29, 1.82) is 0 Å². The van der Waals surface area contributed by atoms with E-state index in [0.717, 1.165) is 25.2 Å². The summed E-state index contributed by atoms with van der Waals surface area (Å²) in [6.45, 7) is 2.46. The molecule has 2 aromatic carbocycles. The molecule has 3 rings (SSSR count). The summed E-state index contributed by atoms with van der Waals surface area (Å²) in [5.41, 5.74) is 1.55. The zero-order chi connectivity index (χ0) is 23.9. The van der Waals surface area contributed by atoms with Crippen LogP contribution in [0.5, 0.6) is 0 Å². The predicted molar refractivity (Wildman–Crippen MR) is 135 cm³/mol. The number of carbonyl (C=O) groups is 1. The number of anilines is 2. The van der Waals surface area contributed by atoms with Crippen LogP contribution in [0, 0.1) is 0 Å². The molecule has 8 nitrogen and oxygen atoms in total. The molecule has 0 spiro atoms. The highest BCUT2D eigenvalue weighted by Gasteiger charge is 2.10. The highest BCUT2D eigenvalue weighted by molar-refractivity contribution is 7.91. The number of carbonyl (C=O) groups excluding carboxylic acids is 1. The van der Waals surface area contributed by atoms with Gasteiger partial charge in [0.1, 0.15) is 15.6 Å². The highest BCUT2D eigenvalue weighted by atomic mass is 32.2. The average Bonchev–Trinajstić information content (AvgIpc) is 3.28. The summed E-state index contributed by atoms with van der Waals surface area (Å²) < 4.78 is 48.0. The Morgan fingerprint density at radius 3 is 1.70 bits per heavy atom. The van der Waals surface area contributed by atoms with Gasteiger partial charge >= 0.3 is 0 Å². The number of benzene rings is 2. The second-order valence-electron chi connectivity index (χ2n) is 7.23. The molecule has 1 aliphatic heterocycles. The van der Waals surface area contributed by atoms with E-state index in [2.05, 4.69) is 10.6 Å². The van der Waals surface area contributed by atoms with E-state index < -0.39 is 31.3 Å². The van der Waals surface area contributed by atoms with Gasteiger partial charge in [-0.2, -0.15) is 0 Å². The molecule has 11 heteroatoms. The van der Waals surface area contributed by atoms with Crippen LogP contribution in [0.15, 0.2) is 60.7 Å². The minimum absolute atomic E-state index is 0. The summed E-state index contributed by atoms with van der Waals surface area (Å²) in [4.78, 5) is 11.1. The number of nitrogens with one attached hydrogen (secondary N) is 2. The first-order chi connectivity index (χ1) is 15.1. The van der Waals surface area contributed by atoms with Crippen LogP contribution in [-0.4, -0.2) is 74.9 Å². The normalized spacial score (nSPS) is 12.7. The molecule has 1 amide bonds. The predicted octanol–water partition coefficient (Wildman–Crippen LogP) is 2.23. The molecule has 2 N–H and O–H groups in total. The zero-order valence-electron chi connectivity index (χ0n) is 19.1. The number of amides is 1. The van der Waals surface area contributed by atoms with E-state index in [1.54, 1.807) is 24.3 Å². The lowest BCUT2D eigenvalue weighted by Crippen LogP contribution is -2.21. The molecule has 1 saturated heterocycles. The van der Waals surface area contributed by atoms with Crippen molar-refractivity contribution in [2.45, 2.75) is 12.8 Å². The lowest BCUT2D eigenvalue weighted by Gasteiger charge is -2.03. The van der Waals surface area contributed by atoms with Crippen molar-refractivity contribution in [2.75, 3.05) is 54.4 Å².